The van der Waals surface area contributed by atoms with Crippen LogP contribution in [0.25, 0.3) is 0 Å². The van der Waals surface area contributed by atoms with E-state index >= 15 is 0 Å². The zero-order valence-corrected chi connectivity index (χ0v) is 12.2. The highest BCUT2D eigenvalue weighted by molar-refractivity contribution is 5.55. The summed E-state index contributed by atoms with van der Waals surface area (Å²) in [4.78, 5) is 2.46. The van der Waals surface area contributed by atoms with E-state index in [1.807, 2.05) is 0 Å². The topological polar surface area (TPSA) is 41.3 Å². The summed E-state index contributed by atoms with van der Waals surface area (Å²) in [5.74, 6) is 1.17. The van der Waals surface area contributed by atoms with Crippen LogP contribution in [0.2, 0.25) is 0 Å². The minimum atomic E-state index is 0.540. The van der Waals surface area contributed by atoms with Gasteiger partial charge in [0.15, 0.2) is 0 Å². The predicted octanol–water partition coefficient (Wildman–Crippen LogP) is 2.93. The van der Waals surface area contributed by atoms with Gasteiger partial charge in [0.1, 0.15) is 0 Å². The van der Waals surface area contributed by atoms with Crippen LogP contribution in [0.3, 0.4) is 0 Å². The molecule has 0 aromatic heterocycles. The molecule has 0 aliphatic carbocycles. The van der Waals surface area contributed by atoms with Crippen LogP contribution in [0.4, 0.5) is 11.4 Å². The molecule has 0 bridgehead atoms. The van der Waals surface area contributed by atoms with Crippen molar-refractivity contribution in [2.75, 3.05) is 36.4 Å². The number of hydrogen-bond acceptors (Lipinski definition) is 3. The Bertz CT molecular complexity index is 366. The fraction of sp³-hybridized carbons (Fsp3) is 0.625. The van der Waals surface area contributed by atoms with Gasteiger partial charge in [-0.3, -0.25) is 0 Å². The molecule has 1 aliphatic rings. The maximum Gasteiger partial charge on any atom is 0.0367 e. The first-order chi connectivity index (χ1) is 9.20. The van der Waals surface area contributed by atoms with Crippen molar-refractivity contribution in [3.8, 4) is 0 Å². The molecule has 1 saturated heterocycles. The number of nitrogens with one attached hydrogen (secondary N) is 1. The van der Waals surface area contributed by atoms with Crippen LogP contribution in [0.5, 0.6) is 0 Å². The lowest BCUT2D eigenvalue weighted by Crippen LogP contribution is -2.27. The first-order valence-corrected chi connectivity index (χ1v) is 7.49. The third kappa shape index (κ3) is 3.87. The smallest absolute Gasteiger partial charge is 0.0367 e. The van der Waals surface area contributed by atoms with Gasteiger partial charge in [0, 0.05) is 31.0 Å². The Balaban J connectivity index is 1.87. The predicted molar refractivity (Wildman–Crippen MR) is 83.8 cm³/mol. The lowest BCUT2D eigenvalue weighted by Gasteiger charge is -2.21. The van der Waals surface area contributed by atoms with Gasteiger partial charge in [-0.25, -0.2) is 0 Å². The highest BCUT2D eigenvalue weighted by Crippen LogP contribution is 2.22. The molecule has 3 nitrogen and oxygen atoms in total. The van der Waals surface area contributed by atoms with Crippen molar-refractivity contribution in [2.45, 2.75) is 26.7 Å². The van der Waals surface area contributed by atoms with E-state index in [1.54, 1.807) is 0 Å². The quantitative estimate of drug-likeness (QED) is 0.827. The standard InChI is InChI=1S/C16H27N3/c1-13(2)14(11-17)12-18-15-5-7-16(8-6-15)19-9-3-4-10-19/h5-8,13-14,18H,3-4,9-12,17H2,1-2H3. The van der Waals surface area contributed by atoms with Crippen molar-refractivity contribution in [1.82, 2.24) is 0 Å². The van der Waals surface area contributed by atoms with E-state index in [-0.39, 0.29) is 0 Å². The van der Waals surface area contributed by atoms with Gasteiger partial charge in [-0.15, -0.1) is 0 Å². The molecular formula is C16H27N3. The van der Waals surface area contributed by atoms with Gasteiger partial charge in [0.05, 0.1) is 0 Å². The zero-order valence-electron chi connectivity index (χ0n) is 12.2. The molecule has 3 heteroatoms. The van der Waals surface area contributed by atoms with Crippen molar-refractivity contribution in [3.63, 3.8) is 0 Å². The van der Waals surface area contributed by atoms with Gasteiger partial charge in [-0.1, -0.05) is 13.8 Å². The van der Waals surface area contributed by atoms with Crippen molar-refractivity contribution in [1.29, 1.82) is 0 Å². The first-order valence-electron chi connectivity index (χ1n) is 7.49. The third-order valence-electron chi connectivity index (χ3n) is 4.15. The molecule has 0 amide bonds. The van der Waals surface area contributed by atoms with Crippen molar-refractivity contribution in [2.24, 2.45) is 17.6 Å². The molecule has 1 fully saturated rings. The summed E-state index contributed by atoms with van der Waals surface area (Å²) in [6.45, 7) is 8.57. The Kier molecular flexibility index (Phi) is 5.08. The van der Waals surface area contributed by atoms with Crippen LogP contribution < -0.4 is 16.0 Å². The van der Waals surface area contributed by atoms with Gasteiger partial charge >= 0.3 is 0 Å². The van der Waals surface area contributed by atoms with Gasteiger partial charge in [0.2, 0.25) is 0 Å². The largest absolute Gasteiger partial charge is 0.385 e. The number of nitrogens with two attached hydrogens (primary N) is 1. The molecule has 1 aliphatic heterocycles. The van der Waals surface area contributed by atoms with Crippen LogP contribution in [0.15, 0.2) is 24.3 Å². The molecule has 106 valence electrons. The minimum Gasteiger partial charge on any atom is -0.385 e. The Labute approximate surface area is 117 Å². The molecule has 19 heavy (non-hydrogen) atoms. The Morgan fingerprint density at radius 1 is 1.16 bits per heavy atom. The molecule has 1 aromatic rings. The van der Waals surface area contributed by atoms with Crippen LogP contribution in [-0.4, -0.2) is 26.2 Å². The van der Waals surface area contributed by atoms with Gasteiger partial charge < -0.3 is 16.0 Å². The summed E-state index contributed by atoms with van der Waals surface area (Å²) in [5.41, 5.74) is 8.34. The Morgan fingerprint density at radius 2 is 1.79 bits per heavy atom. The summed E-state index contributed by atoms with van der Waals surface area (Å²) in [7, 11) is 0. The molecular weight excluding hydrogens is 234 g/mol. The molecule has 3 N–H and O–H groups in total. The highest BCUT2D eigenvalue weighted by Gasteiger charge is 2.13. The molecule has 1 heterocycles. The summed E-state index contributed by atoms with van der Waals surface area (Å²) >= 11 is 0. The molecule has 0 spiro atoms. The average molecular weight is 261 g/mol. The molecule has 2 rings (SSSR count). The molecule has 1 unspecified atom stereocenters. The zero-order chi connectivity index (χ0) is 13.7. The maximum atomic E-state index is 5.80. The van der Waals surface area contributed by atoms with Crippen LogP contribution in [-0.2, 0) is 0 Å². The van der Waals surface area contributed by atoms with E-state index < -0.39 is 0 Å². The SMILES string of the molecule is CC(C)C(CN)CNc1ccc(N2CCCC2)cc1. The van der Waals surface area contributed by atoms with E-state index in [4.69, 9.17) is 5.73 Å². The number of hydrogen-bond donors (Lipinski definition) is 2. The number of benzene rings is 1. The maximum absolute atomic E-state index is 5.80. The van der Waals surface area contributed by atoms with Gasteiger partial charge in [-0.2, -0.15) is 0 Å². The summed E-state index contributed by atoms with van der Waals surface area (Å²) in [6.07, 6.45) is 2.65. The lowest BCUT2D eigenvalue weighted by atomic mass is 9.96. The van der Waals surface area contributed by atoms with Crippen LogP contribution in [0.1, 0.15) is 26.7 Å². The highest BCUT2D eigenvalue weighted by atomic mass is 15.1. The Hall–Kier alpha value is -1.22. The fourth-order valence-electron chi connectivity index (χ4n) is 2.61. The second-order valence-corrected chi connectivity index (χ2v) is 5.86. The third-order valence-corrected chi connectivity index (χ3v) is 4.15. The molecule has 1 aromatic carbocycles. The monoisotopic (exact) mass is 261 g/mol. The van der Waals surface area contributed by atoms with E-state index in [0.29, 0.717) is 11.8 Å². The fourth-order valence-corrected chi connectivity index (χ4v) is 2.61. The average Bonchev–Trinajstić information content (AvgIpc) is 2.94. The summed E-state index contributed by atoms with van der Waals surface area (Å²) in [5, 5.41) is 3.50. The molecule has 0 saturated carbocycles. The molecule has 1 atom stereocenters. The minimum absolute atomic E-state index is 0.540. The lowest BCUT2D eigenvalue weighted by molar-refractivity contribution is 0.413. The van der Waals surface area contributed by atoms with E-state index in [9.17, 15) is 0 Å². The number of nitrogens with zero attached hydrogens (tertiary/aromatic N) is 1. The second kappa shape index (κ2) is 6.80. The first kappa shape index (κ1) is 14.2. The Morgan fingerprint density at radius 3 is 2.32 bits per heavy atom. The summed E-state index contributed by atoms with van der Waals surface area (Å²) < 4.78 is 0. The van der Waals surface area contributed by atoms with E-state index in [2.05, 4.69) is 48.3 Å². The van der Waals surface area contributed by atoms with Crippen molar-refractivity contribution in [3.05, 3.63) is 24.3 Å². The van der Waals surface area contributed by atoms with Crippen LogP contribution in [0, 0.1) is 11.8 Å². The van der Waals surface area contributed by atoms with Gasteiger partial charge in [-0.05, 0) is 55.5 Å². The van der Waals surface area contributed by atoms with E-state index in [1.165, 1.54) is 37.3 Å². The van der Waals surface area contributed by atoms with Crippen LogP contribution >= 0.6 is 0 Å². The summed E-state index contributed by atoms with van der Waals surface area (Å²) in [6, 6.07) is 8.81. The van der Waals surface area contributed by atoms with E-state index in [0.717, 1.165) is 13.1 Å². The normalized spacial score (nSPS) is 16.9. The number of anilines is 2. The second-order valence-electron chi connectivity index (χ2n) is 5.86. The van der Waals surface area contributed by atoms with Crippen molar-refractivity contribution < 1.29 is 0 Å². The number of rotatable bonds is 6. The van der Waals surface area contributed by atoms with Gasteiger partial charge in [0.25, 0.3) is 0 Å². The molecule has 0 radical (unpaired) electrons. The van der Waals surface area contributed by atoms with Crippen molar-refractivity contribution >= 4 is 11.4 Å².